The van der Waals surface area contributed by atoms with Crippen LogP contribution < -0.4 is 10.2 Å². The highest BCUT2D eigenvalue weighted by molar-refractivity contribution is 6.04. The van der Waals surface area contributed by atoms with Crippen LogP contribution in [0.5, 0.6) is 0 Å². The van der Waals surface area contributed by atoms with Crippen molar-refractivity contribution in [3.63, 3.8) is 0 Å². The van der Waals surface area contributed by atoms with E-state index < -0.39 is 0 Å². The summed E-state index contributed by atoms with van der Waals surface area (Å²) in [7, 11) is 1.91. The van der Waals surface area contributed by atoms with E-state index in [0.717, 1.165) is 31.9 Å². The first-order chi connectivity index (χ1) is 14.9. The molecule has 4 rings (SSSR count). The first-order valence-corrected chi connectivity index (χ1v) is 10.8. The molecule has 166 valence electrons. The normalized spacial score (nSPS) is 16.9. The largest absolute Gasteiger partial charge is 0.381 e. The molecule has 0 saturated carbocycles. The SMILES string of the molecule is CC(C)N(Cc1nccn1C)C(=O)c1cnc2c(c1)N(CC1CCOCC1)C(=O)CN2. The number of nitrogens with zero attached hydrogens (tertiary/aromatic N) is 5. The van der Waals surface area contributed by atoms with Crippen LogP contribution in [0, 0.1) is 5.92 Å². The summed E-state index contributed by atoms with van der Waals surface area (Å²) in [5, 5.41) is 3.08. The zero-order chi connectivity index (χ0) is 22.0. The zero-order valence-corrected chi connectivity index (χ0v) is 18.4. The van der Waals surface area contributed by atoms with E-state index in [9.17, 15) is 9.59 Å². The van der Waals surface area contributed by atoms with Crippen LogP contribution in [0.15, 0.2) is 24.7 Å². The third kappa shape index (κ3) is 4.56. The van der Waals surface area contributed by atoms with Gasteiger partial charge in [-0.25, -0.2) is 9.97 Å². The standard InChI is InChI=1S/C22H30N6O3/c1-15(2)27(14-19-23-6-7-26(19)3)22(30)17-10-18-21(24-11-17)25-12-20(29)28(18)13-16-4-8-31-9-5-16/h6-7,10-11,15-16H,4-5,8-9,12-14H2,1-3H3,(H,24,25). The van der Waals surface area contributed by atoms with Gasteiger partial charge in [0, 0.05) is 51.4 Å². The quantitative estimate of drug-likeness (QED) is 0.760. The third-order valence-corrected chi connectivity index (χ3v) is 6.01. The molecule has 0 aliphatic carbocycles. The number of anilines is 2. The number of imidazole rings is 1. The molecule has 2 aliphatic heterocycles. The summed E-state index contributed by atoms with van der Waals surface area (Å²) in [4.78, 5) is 38.5. The minimum Gasteiger partial charge on any atom is -0.381 e. The van der Waals surface area contributed by atoms with E-state index >= 15 is 0 Å². The Bertz CT molecular complexity index is 950. The number of aromatic nitrogens is 3. The van der Waals surface area contributed by atoms with Crippen molar-refractivity contribution in [1.82, 2.24) is 19.4 Å². The Morgan fingerprint density at radius 3 is 2.77 bits per heavy atom. The van der Waals surface area contributed by atoms with Gasteiger partial charge in [-0.3, -0.25) is 9.59 Å². The summed E-state index contributed by atoms with van der Waals surface area (Å²) >= 11 is 0. The van der Waals surface area contributed by atoms with E-state index in [1.165, 1.54) is 0 Å². The molecule has 0 aromatic carbocycles. The van der Waals surface area contributed by atoms with Crippen LogP contribution in [-0.4, -0.2) is 63.6 Å². The average molecular weight is 427 g/mol. The second kappa shape index (κ2) is 9.05. The van der Waals surface area contributed by atoms with Gasteiger partial charge in [0.25, 0.3) is 5.91 Å². The van der Waals surface area contributed by atoms with Gasteiger partial charge in [0.2, 0.25) is 5.91 Å². The van der Waals surface area contributed by atoms with Crippen LogP contribution in [0.4, 0.5) is 11.5 Å². The Morgan fingerprint density at radius 1 is 1.32 bits per heavy atom. The van der Waals surface area contributed by atoms with Crippen LogP contribution in [-0.2, 0) is 23.1 Å². The Labute approximate surface area is 182 Å². The monoisotopic (exact) mass is 426 g/mol. The Balaban J connectivity index is 1.59. The van der Waals surface area contributed by atoms with Crippen LogP contribution in [0.25, 0.3) is 0 Å². The fraction of sp³-hybridized carbons (Fsp3) is 0.545. The number of ether oxygens (including phenoxy) is 1. The number of aryl methyl sites for hydroxylation is 1. The van der Waals surface area contributed by atoms with Gasteiger partial charge in [-0.15, -0.1) is 0 Å². The van der Waals surface area contributed by atoms with Crippen molar-refractivity contribution in [2.45, 2.75) is 39.3 Å². The van der Waals surface area contributed by atoms with Crippen molar-refractivity contribution >= 4 is 23.3 Å². The molecule has 2 amide bonds. The van der Waals surface area contributed by atoms with E-state index in [-0.39, 0.29) is 24.4 Å². The number of hydrogen-bond donors (Lipinski definition) is 1. The van der Waals surface area contributed by atoms with Crippen LogP contribution in [0.1, 0.15) is 42.9 Å². The molecule has 2 aromatic rings. The molecule has 4 heterocycles. The highest BCUT2D eigenvalue weighted by Crippen LogP contribution is 2.31. The van der Waals surface area contributed by atoms with E-state index in [1.807, 2.05) is 31.7 Å². The maximum atomic E-state index is 13.4. The number of pyridine rings is 1. The highest BCUT2D eigenvalue weighted by atomic mass is 16.5. The molecule has 0 radical (unpaired) electrons. The Hall–Kier alpha value is -2.94. The van der Waals surface area contributed by atoms with Crippen molar-refractivity contribution in [2.75, 3.05) is 36.5 Å². The molecule has 9 nitrogen and oxygen atoms in total. The maximum absolute atomic E-state index is 13.4. The molecule has 0 unspecified atom stereocenters. The molecular formula is C22H30N6O3. The predicted octanol–water partition coefficient (Wildman–Crippen LogP) is 2.05. The van der Waals surface area contributed by atoms with Gasteiger partial charge in [0.15, 0.2) is 0 Å². The number of hydrogen-bond acceptors (Lipinski definition) is 6. The summed E-state index contributed by atoms with van der Waals surface area (Å²) in [6.45, 7) is 6.66. The number of carbonyl (C=O) groups excluding carboxylic acids is 2. The van der Waals surface area contributed by atoms with Crippen molar-refractivity contribution in [1.29, 1.82) is 0 Å². The molecule has 2 aliphatic rings. The molecule has 1 saturated heterocycles. The smallest absolute Gasteiger partial charge is 0.256 e. The summed E-state index contributed by atoms with van der Waals surface area (Å²) < 4.78 is 7.36. The van der Waals surface area contributed by atoms with E-state index in [1.54, 1.807) is 28.3 Å². The van der Waals surface area contributed by atoms with Crippen LogP contribution in [0.3, 0.4) is 0 Å². The molecule has 0 bridgehead atoms. The van der Waals surface area contributed by atoms with Gasteiger partial charge in [-0.2, -0.15) is 0 Å². The van der Waals surface area contributed by atoms with Crippen molar-refractivity contribution < 1.29 is 14.3 Å². The van der Waals surface area contributed by atoms with Crippen LogP contribution >= 0.6 is 0 Å². The van der Waals surface area contributed by atoms with Gasteiger partial charge >= 0.3 is 0 Å². The number of rotatable bonds is 6. The average Bonchev–Trinajstić information content (AvgIpc) is 3.18. The number of amides is 2. The molecule has 0 atom stereocenters. The van der Waals surface area contributed by atoms with Gasteiger partial charge in [0.1, 0.15) is 11.6 Å². The molecule has 1 fully saturated rings. The Kier molecular flexibility index (Phi) is 6.22. The highest BCUT2D eigenvalue weighted by Gasteiger charge is 2.30. The van der Waals surface area contributed by atoms with Gasteiger partial charge < -0.3 is 24.4 Å². The zero-order valence-electron chi connectivity index (χ0n) is 18.4. The fourth-order valence-corrected chi connectivity index (χ4v) is 4.04. The lowest BCUT2D eigenvalue weighted by Gasteiger charge is -2.34. The predicted molar refractivity (Wildman–Crippen MR) is 117 cm³/mol. The van der Waals surface area contributed by atoms with Crippen molar-refractivity contribution in [2.24, 2.45) is 13.0 Å². The second-order valence-electron chi connectivity index (χ2n) is 8.49. The Morgan fingerprint density at radius 2 is 2.10 bits per heavy atom. The third-order valence-electron chi connectivity index (χ3n) is 6.01. The topological polar surface area (TPSA) is 92.6 Å². The number of carbonyl (C=O) groups is 2. The molecule has 1 N–H and O–H groups in total. The molecule has 0 spiro atoms. The van der Waals surface area contributed by atoms with Crippen molar-refractivity contribution in [3.05, 3.63) is 36.0 Å². The van der Waals surface area contributed by atoms with E-state index in [0.29, 0.717) is 36.1 Å². The number of nitrogens with one attached hydrogen (secondary N) is 1. The summed E-state index contributed by atoms with van der Waals surface area (Å²) in [6, 6.07) is 1.78. The van der Waals surface area contributed by atoms with Crippen molar-refractivity contribution in [3.8, 4) is 0 Å². The second-order valence-corrected chi connectivity index (χ2v) is 8.49. The lowest BCUT2D eigenvalue weighted by atomic mass is 9.99. The molecule has 2 aromatic heterocycles. The maximum Gasteiger partial charge on any atom is 0.256 e. The minimum atomic E-state index is -0.127. The lowest BCUT2D eigenvalue weighted by Crippen LogP contribution is -2.44. The molecule has 9 heteroatoms. The van der Waals surface area contributed by atoms with Gasteiger partial charge in [-0.05, 0) is 38.7 Å². The molecule has 31 heavy (non-hydrogen) atoms. The summed E-state index contributed by atoms with van der Waals surface area (Å²) in [5.74, 6) is 1.71. The lowest BCUT2D eigenvalue weighted by molar-refractivity contribution is -0.117. The number of fused-ring (bicyclic) bond motifs is 1. The van der Waals surface area contributed by atoms with E-state index in [4.69, 9.17) is 4.74 Å². The first-order valence-electron chi connectivity index (χ1n) is 10.8. The minimum absolute atomic E-state index is 0.000818. The molecular weight excluding hydrogens is 396 g/mol. The first kappa shape index (κ1) is 21.3. The van der Waals surface area contributed by atoms with Gasteiger partial charge in [0.05, 0.1) is 24.3 Å². The van der Waals surface area contributed by atoms with Gasteiger partial charge in [-0.1, -0.05) is 0 Å². The summed E-state index contributed by atoms with van der Waals surface area (Å²) in [6.07, 6.45) is 7.05. The summed E-state index contributed by atoms with van der Waals surface area (Å²) in [5.41, 5.74) is 1.14. The van der Waals surface area contributed by atoms with Crippen LogP contribution in [0.2, 0.25) is 0 Å². The van der Waals surface area contributed by atoms with E-state index in [2.05, 4.69) is 15.3 Å². The fourth-order valence-electron chi connectivity index (χ4n) is 4.04.